The Morgan fingerprint density at radius 1 is 1.10 bits per heavy atom. The number of aromatic nitrogens is 1. The summed E-state index contributed by atoms with van der Waals surface area (Å²) in [5, 5.41) is 24.1. The van der Waals surface area contributed by atoms with Crippen molar-refractivity contribution in [1.82, 2.24) is 10.3 Å². The molecule has 0 saturated heterocycles. The van der Waals surface area contributed by atoms with Crippen molar-refractivity contribution in [3.8, 4) is 10.4 Å². The lowest BCUT2D eigenvalue weighted by Crippen LogP contribution is -2.46. The molecule has 0 spiro atoms. The fraction of sp³-hybridized carbons (Fsp3) is 0.269. The number of nitrogens with zero attached hydrogens (tertiary/aromatic N) is 1. The highest BCUT2D eigenvalue weighted by molar-refractivity contribution is 7.86. The Bertz CT molecular complexity index is 1560. The van der Waals surface area contributed by atoms with Crippen molar-refractivity contribution < 1.29 is 32.1 Å². The Labute approximate surface area is 235 Å². The Hall–Kier alpha value is -4.14. The third-order valence-corrected chi connectivity index (χ3v) is 7.09. The number of amidine groups is 1. The quantitative estimate of drug-likeness (QED) is 0.142. The minimum atomic E-state index is -4.23. The zero-order chi connectivity index (χ0) is 29.8. The minimum Gasteiger partial charge on any atom is -0.394 e. The summed E-state index contributed by atoms with van der Waals surface area (Å²) in [5.74, 6) is -2.69. The maximum absolute atomic E-state index is 13.1. The standard InChI is InChI=1S/C26H29N5O7S2/c1-26(2,3)19(13-32)31-24(34)18-10-9-16(20(30-18)25(35)38-40(4,36)37)21-17(11-12-39-21)23(33)29-15-7-5-14(6-8-15)22(27)28/h5-12,19,32H,13H2,1-4H3,(H3,27,28)(H,29,33)(H,31,34). The molecular weight excluding hydrogens is 558 g/mol. The smallest absolute Gasteiger partial charge is 0.373 e. The number of carbonyl (C=O) groups is 3. The number of carbonyl (C=O) groups excluding carboxylic acids is 3. The van der Waals surface area contributed by atoms with Crippen LogP contribution in [0.15, 0.2) is 47.8 Å². The summed E-state index contributed by atoms with van der Waals surface area (Å²) in [6.07, 6.45) is 0.692. The molecule has 3 aromatic rings. The second kappa shape index (κ2) is 11.9. The highest BCUT2D eigenvalue weighted by Gasteiger charge is 2.29. The molecule has 1 atom stereocenters. The number of hydrogen-bond acceptors (Lipinski definition) is 10. The molecule has 40 heavy (non-hydrogen) atoms. The summed E-state index contributed by atoms with van der Waals surface area (Å²) in [5.41, 5.74) is 5.39. The molecule has 2 amide bonds. The van der Waals surface area contributed by atoms with Gasteiger partial charge >= 0.3 is 16.1 Å². The molecule has 1 unspecified atom stereocenters. The average molecular weight is 588 g/mol. The molecule has 14 heteroatoms. The van der Waals surface area contributed by atoms with Crippen molar-refractivity contribution in [3.63, 3.8) is 0 Å². The number of aliphatic hydroxyl groups is 1. The molecule has 0 aliphatic rings. The summed E-state index contributed by atoms with van der Waals surface area (Å²) in [6, 6.07) is 9.85. The van der Waals surface area contributed by atoms with E-state index in [9.17, 15) is 27.9 Å². The van der Waals surface area contributed by atoms with E-state index in [1.807, 2.05) is 20.8 Å². The Morgan fingerprint density at radius 2 is 1.75 bits per heavy atom. The summed E-state index contributed by atoms with van der Waals surface area (Å²) in [4.78, 5) is 43.3. The zero-order valence-electron chi connectivity index (χ0n) is 22.1. The van der Waals surface area contributed by atoms with Crippen LogP contribution < -0.4 is 16.4 Å². The summed E-state index contributed by atoms with van der Waals surface area (Å²) < 4.78 is 28.0. The number of rotatable bonds is 9. The maximum Gasteiger partial charge on any atom is 0.373 e. The van der Waals surface area contributed by atoms with Crippen molar-refractivity contribution >= 4 is 50.8 Å². The van der Waals surface area contributed by atoms with Crippen LogP contribution in [0.4, 0.5) is 5.69 Å². The van der Waals surface area contributed by atoms with Gasteiger partial charge in [0.1, 0.15) is 11.5 Å². The molecule has 0 radical (unpaired) electrons. The van der Waals surface area contributed by atoms with E-state index >= 15 is 0 Å². The Kier molecular flexibility index (Phi) is 9.07. The van der Waals surface area contributed by atoms with Crippen LogP contribution in [0.1, 0.15) is 57.7 Å². The summed E-state index contributed by atoms with van der Waals surface area (Å²) in [7, 11) is -4.23. The van der Waals surface area contributed by atoms with E-state index in [2.05, 4.69) is 19.8 Å². The highest BCUT2D eigenvalue weighted by Crippen LogP contribution is 2.33. The largest absolute Gasteiger partial charge is 0.394 e. The minimum absolute atomic E-state index is 0.0757. The number of pyridine rings is 1. The molecule has 0 aliphatic carbocycles. The molecule has 12 nitrogen and oxygen atoms in total. The molecule has 212 valence electrons. The van der Waals surface area contributed by atoms with Crippen molar-refractivity contribution in [2.45, 2.75) is 26.8 Å². The number of nitrogens with one attached hydrogen (secondary N) is 3. The normalized spacial score (nSPS) is 12.3. The van der Waals surface area contributed by atoms with Gasteiger partial charge in [-0.2, -0.15) is 8.42 Å². The third kappa shape index (κ3) is 7.49. The highest BCUT2D eigenvalue weighted by atomic mass is 32.2. The van der Waals surface area contributed by atoms with Crippen LogP contribution in [0, 0.1) is 10.8 Å². The van der Waals surface area contributed by atoms with E-state index in [4.69, 9.17) is 11.1 Å². The molecule has 6 N–H and O–H groups in total. The van der Waals surface area contributed by atoms with Crippen LogP contribution in [-0.4, -0.2) is 61.0 Å². The van der Waals surface area contributed by atoms with Gasteiger partial charge in [-0.15, -0.1) is 11.3 Å². The second-order valence-corrected chi connectivity index (χ2v) is 12.3. The number of hydrogen-bond donors (Lipinski definition) is 5. The van der Waals surface area contributed by atoms with Gasteiger partial charge in [0.15, 0.2) is 5.69 Å². The molecular formula is C26H29N5O7S2. The third-order valence-electron chi connectivity index (χ3n) is 5.69. The first-order valence-corrected chi connectivity index (χ1v) is 14.5. The van der Waals surface area contributed by atoms with Gasteiger partial charge in [0.25, 0.3) is 11.8 Å². The summed E-state index contributed by atoms with van der Waals surface area (Å²) in [6.45, 7) is 5.11. The lowest BCUT2D eigenvalue weighted by atomic mass is 9.87. The van der Waals surface area contributed by atoms with E-state index in [0.29, 0.717) is 17.5 Å². The molecule has 1 aromatic carbocycles. The fourth-order valence-electron chi connectivity index (χ4n) is 3.50. The van der Waals surface area contributed by atoms with Gasteiger partial charge < -0.3 is 25.7 Å². The molecule has 0 bridgehead atoms. The number of amides is 2. The first kappa shape index (κ1) is 30.4. The average Bonchev–Trinajstić information content (AvgIpc) is 3.35. The van der Waals surface area contributed by atoms with Gasteiger partial charge in [0, 0.05) is 21.7 Å². The van der Waals surface area contributed by atoms with Crippen LogP contribution in [0.3, 0.4) is 0 Å². The second-order valence-electron chi connectivity index (χ2n) is 9.85. The first-order chi connectivity index (χ1) is 18.6. The van der Waals surface area contributed by atoms with Crippen molar-refractivity contribution in [2.24, 2.45) is 11.1 Å². The molecule has 2 aromatic heterocycles. The number of benzene rings is 1. The lowest BCUT2D eigenvalue weighted by molar-refractivity contribution is 0.0742. The van der Waals surface area contributed by atoms with Crippen LogP contribution in [0.2, 0.25) is 0 Å². The molecule has 2 heterocycles. The van der Waals surface area contributed by atoms with Crippen LogP contribution >= 0.6 is 11.3 Å². The van der Waals surface area contributed by atoms with Crippen LogP contribution in [0.5, 0.6) is 0 Å². The van der Waals surface area contributed by atoms with Crippen molar-refractivity contribution in [3.05, 3.63) is 70.4 Å². The van der Waals surface area contributed by atoms with Gasteiger partial charge in [0.05, 0.1) is 24.5 Å². The molecule has 0 fully saturated rings. The van der Waals surface area contributed by atoms with Gasteiger partial charge in [-0.25, -0.2) is 9.78 Å². The molecule has 0 aliphatic heterocycles. The van der Waals surface area contributed by atoms with Crippen molar-refractivity contribution in [2.75, 3.05) is 18.2 Å². The maximum atomic E-state index is 13.1. The van der Waals surface area contributed by atoms with E-state index < -0.39 is 45.1 Å². The Balaban J connectivity index is 2.01. The Morgan fingerprint density at radius 3 is 2.30 bits per heavy atom. The summed E-state index contributed by atoms with van der Waals surface area (Å²) >= 11 is 1.09. The predicted octanol–water partition coefficient (Wildman–Crippen LogP) is 2.60. The van der Waals surface area contributed by atoms with E-state index in [1.165, 1.54) is 18.2 Å². The number of aliphatic hydroxyl groups excluding tert-OH is 1. The van der Waals surface area contributed by atoms with Crippen molar-refractivity contribution in [1.29, 1.82) is 5.41 Å². The molecule has 0 saturated carbocycles. The monoisotopic (exact) mass is 587 g/mol. The first-order valence-electron chi connectivity index (χ1n) is 11.8. The SMILES string of the molecule is CC(C)(C)C(CO)NC(=O)c1ccc(-c2sccc2C(=O)Nc2ccc(C(=N)N)cc2)c(C(=O)OS(C)(=O)=O)n1. The number of thiophene rings is 1. The molecule has 3 rings (SSSR count). The fourth-order valence-corrected chi connectivity index (χ4v) is 4.77. The van der Waals surface area contributed by atoms with Crippen LogP contribution in [-0.2, 0) is 14.3 Å². The van der Waals surface area contributed by atoms with E-state index in [1.54, 1.807) is 29.6 Å². The lowest BCUT2D eigenvalue weighted by Gasteiger charge is -2.29. The van der Waals surface area contributed by atoms with Gasteiger partial charge in [-0.3, -0.25) is 15.0 Å². The predicted molar refractivity (Wildman–Crippen MR) is 151 cm³/mol. The topological polar surface area (TPSA) is 202 Å². The van der Waals surface area contributed by atoms with Gasteiger partial charge in [0.2, 0.25) is 0 Å². The van der Waals surface area contributed by atoms with Gasteiger partial charge in [-0.1, -0.05) is 20.8 Å². The number of anilines is 1. The zero-order valence-corrected chi connectivity index (χ0v) is 23.8. The van der Waals surface area contributed by atoms with E-state index in [-0.39, 0.29) is 34.1 Å². The van der Waals surface area contributed by atoms with E-state index in [0.717, 1.165) is 11.3 Å². The number of nitrogens with two attached hydrogens (primary N) is 1. The van der Waals surface area contributed by atoms with Gasteiger partial charge in [-0.05, 0) is 53.3 Å². The number of nitrogen functional groups attached to an aromatic ring is 1. The van der Waals surface area contributed by atoms with Crippen LogP contribution in [0.25, 0.3) is 10.4 Å².